The normalized spacial score (nSPS) is 23.4. The first-order valence-electron chi connectivity index (χ1n) is 15.2. The highest BCUT2D eigenvalue weighted by Gasteiger charge is 2.30. The minimum Gasteiger partial charge on any atom is -0.306 e. The molecule has 3 aromatic heterocycles. The van der Waals surface area contributed by atoms with Gasteiger partial charge in [-0.2, -0.15) is 0 Å². The summed E-state index contributed by atoms with van der Waals surface area (Å²) in [5, 5.41) is 4.14. The van der Waals surface area contributed by atoms with E-state index < -0.39 is 10.0 Å². The summed E-state index contributed by atoms with van der Waals surface area (Å²) in [6.45, 7) is 4.68. The third kappa shape index (κ3) is 5.26. The average molecular weight is 590 g/mol. The molecule has 0 bridgehead atoms. The third-order valence-electron chi connectivity index (χ3n) is 9.62. The second-order valence-corrected chi connectivity index (χ2v) is 14.9. The van der Waals surface area contributed by atoms with Crippen LogP contribution in [0.15, 0.2) is 59.1 Å². The van der Waals surface area contributed by atoms with E-state index in [1.54, 1.807) is 41.8 Å². The minimum atomic E-state index is -3.81. The van der Waals surface area contributed by atoms with Gasteiger partial charge in [0.1, 0.15) is 0 Å². The predicted octanol–water partition coefficient (Wildman–Crippen LogP) is 6.33. The van der Waals surface area contributed by atoms with Crippen molar-refractivity contribution < 1.29 is 8.42 Å². The zero-order valence-electron chi connectivity index (χ0n) is 23.8. The Balaban J connectivity index is 1.25. The largest absolute Gasteiger partial charge is 0.306 e. The fourth-order valence-electron chi connectivity index (χ4n) is 7.15. The summed E-state index contributed by atoms with van der Waals surface area (Å²) in [6.07, 6.45) is 13.3. The maximum absolute atomic E-state index is 13.8. The van der Waals surface area contributed by atoms with Crippen LogP contribution in [0.2, 0.25) is 0 Å². The summed E-state index contributed by atoms with van der Waals surface area (Å²) >= 11 is 1.70. The summed E-state index contributed by atoms with van der Waals surface area (Å²) in [4.78, 5) is 15.3. The van der Waals surface area contributed by atoms with Gasteiger partial charge in [-0.1, -0.05) is 18.2 Å². The van der Waals surface area contributed by atoms with Crippen molar-refractivity contribution in [2.75, 3.05) is 33.2 Å². The Morgan fingerprint density at radius 3 is 2.37 bits per heavy atom. The van der Waals surface area contributed by atoms with Gasteiger partial charge >= 0.3 is 0 Å². The zero-order chi connectivity index (χ0) is 28.0. The Morgan fingerprint density at radius 2 is 1.63 bits per heavy atom. The molecule has 4 aromatic rings. The van der Waals surface area contributed by atoms with Crippen LogP contribution >= 0.6 is 11.3 Å². The van der Waals surface area contributed by atoms with Crippen LogP contribution in [0.1, 0.15) is 73.8 Å². The van der Waals surface area contributed by atoms with Crippen molar-refractivity contribution in [2.24, 2.45) is 0 Å². The van der Waals surface area contributed by atoms with Crippen LogP contribution in [-0.2, 0) is 10.0 Å². The summed E-state index contributed by atoms with van der Waals surface area (Å²) in [7, 11) is -1.63. The van der Waals surface area contributed by atoms with Gasteiger partial charge in [0.05, 0.1) is 15.6 Å². The number of hydrogen-bond acceptors (Lipinski definition) is 7. The molecule has 0 radical (unpaired) electrons. The van der Waals surface area contributed by atoms with Gasteiger partial charge in [-0.25, -0.2) is 22.4 Å². The van der Waals surface area contributed by atoms with Crippen molar-refractivity contribution in [3.63, 3.8) is 0 Å². The SMILES string of the molecule is CN1CCC(c2nc(-c3cn(S(=O)(=O)c4ccccc4)c4ncc(C5CCC(N6CCCC6)CC5)cc34)cs2)CC1. The van der Waals surface area contributed by atoms with Crippen LogP contribution in [0.25, 0.3) is 22.3 Å². The number of rotatable bonds is 6. The molecule has 0 atom stereocenters. The number of hydrogen-bond donors (Lipinski definition) is 0. The van der Waals surface area contributed by atoms with E-state index in [2.05, 4.69) is 28.3 Å². The Hall–Kier alpha value is -2.59. The molecule has 7 rings (SSSR count). The lowest BCUT2D eigenvalue weighted by Gasteiger charge is -2.34. The zero-order valence-corrected chi connectivity index (χ0v) is 25.4. The van der Waals surface area contributed by atoms with Crippen LogP contribution in [0.5, 0.6) is 0 Å². The number of pyridine rings is 1. The Labute approximate surface area is 247 Å². The van der Waals surface area contributed by atoms with Gasteiger partial charge in [-0.3, -0.25) is 0 Å². The van der Waals surface area contributed by atoms with Gasteiger partial charge in [-0.15, -0.1) is 11.3 Å². The summed E-state index contributed by atoms with van der Waals surface area (Å²) < 4.78 is 29.0. The summed E-state index contributed by atoms with van der Waals surface area (Å²) in [5.74, 6) is 0.920. The van der Waals surface area contributed by atoms with E-state index in [9.17, 15) is 8.42 Å². The first-order valence-corrected chi connectivity index (χ1v) is 17.5. The number of thiazole rings is 1. The molecule has 5 heterocycles. The highest BCUT2D eigenvalue weighted by molar-refractivity contribution is 7.90. The molecule has 2 saturated heterocycles. The minimum absolute atomic E-state index is 0.264. The molecule has 1 aliphatic carbocycles. The van der Waals surface area contributed by atoms with Gasteiger partial charge in [0.25, 0.3) is 10.0 Å². The fraction of sp³-hybridized carbons (Fsp3) is 0.500. The average Bonchev–Trinajstić information content (AvgIpc) is 3.78. The molecule has 3 aliphatic rings. The van der Waals surface area contributed by atoms with Gasteiger partial charge in [-0.05, 0) is 114 Å². The van der Waals surface area contributed by atoms with Crippen LogP contribution in [0.4, 0.5) is 0 Å². The second kappa shape index (κ2) is 11.2. The van der Waals surface area contributed by atoms with Gasteiger partial charge in [0, 0.05) is 40.7 Å². The highest BCUT2D eigenvalue weighted by Crippen LogP contribution is 2.40. The molecule has 216 valence electrons. The molecule has 9 heteroatoms. The van der Waals surface area contributed by atoms with Gasteiger partial charge in [0.2, 0.25) is 0 Å². The molecule has 0 unspecified atom stereocenters. The molecule has 0 amide bonds. The van der Waals surface area contributed by atoms with Crippen molar-refractivity contribution >= 4 is 32.4 Å². The molecular formula is C32H39N5O2S2. The number of aromatic nitrogens is 3. The molecule has 41 heavy (non-hydrogen) atoms. The molecule has 1 saturated carbocycles. The first kappa shape index (κ1) is 27.3. The lowest BCUT2D eigenvalue weighted by atomic mass is 9.81. The number of fused-ring (bicyclic) bond motifs is 1. The van der Waals surface area contributed by atoms with Crippen LogP contribution < -0.4 is 0 Å². The summed E-state index contributed by atoms with van der Waals surface area (Å²) in [5.41, 5.74) is 3.41. The van der Waals surface area contributed by atoms with E-state index in [4.69, 9.17) is 9.97 Å². The Kier molecular flexibility index (Phi) is 7.48. The van der Waals surface area contributed by atoms with E-state index in [0.29, 0.717) is 23.5 Å². The number of likely N-dealkylation sites (tertiary alicyclic amines) is 2. The van der Waals surface area contributed by atoms with E-state index in [0.717, 1.165) is 60.4 Å². The third-order valence-corrected chi connectivity index (χ3v) is 12.3. The molecule has 7 nitrogen and oxygen atoms in total. The molecule has 2 aliphatic heterocycles. The van der Waals surface area contributed by atoms with Crippen molar-refractivity contribution in [2.45, 2.75) is 74.1 Å². The van der Waals surface area contributed by atoms with Crippen LogP contribution in [0, 0.1) is 0 Å². The smallest absolute Gasteiger partial charge is 0.269 e. The van der Waals surface area contributed by atoms with Crippen molar-refractivity contribution in [1.29, 1.82) is 0 Å². The lowest BCUT2D eigenvalue weighted by Crippen LogP contribution is -2.35. The van der Waals surface area contributed by atoms with Gasteiger partial charge in [0.15, 0.2) is 5.65 Å². The van der Waals surface area contributed by atoms with Crippen molar-refractivity contribution in [3.05, 3.63) is 64.7 Å². The van der Waals surface area contributed by atoms with E-state index in [1.165, 1.54) is 48.3 Å². The van der Waals surface area contributed by atoms with E-state index in [-0.39, 0.29) is 4.90 Å². The maximum Gasteiger partial charge on any atom is 0.269 e. The molecule has 1 aromatic carbocycles. The van der Waals surface area contributed by atoms with Crippen LogP contribution in [-0.4, -0.2) is 71.4 Å². The Morgan fingerprint density at radius 1 is 0.902 bits per heavy atom. The quantitative estimate of drug-likeness (QED) is 0.262. The van der Waals surface area contributed by atoms with E-state index in [1.807, 2.05) is 12.3 Å². The van der Waals surface area contributed by atoms with E-state index >= 15 is 0 Å². The van der Waals surface area contributed by atoms with Crippen molar-refractivity contribution in [1.82, 2.24) is 23.7 Å². The van der Waals surface area contributed by atoms with Crippen molar-refractivity contribution in [3.8, 4) is 11.3 Å². The maximum atomic E-state index is 13.8. The number of benzene rings is 1. The molecule has 0 N–H and O–H groups in total. The summed E-state index contributed by atoms with van der Waals surface area (Å²) in [6, 6.07) is 11.6. The second-order valence-electron chi connectivity index (χ2n) is 12.2. The predicted molar refractivity (Wildman–Crippen MR) is 165 cm³/mol. The fourth-order valence-corrected chi connectivity index (χ4v) is 9.48. The van der Waals surface area contributed by atoms with Gasteiger partial charge < -0.3 is 9.80 Å². The monoisotopic (exact) mass is 589 g/mol. The topological polar surface area (TPSA) is 71.3 Å². The lowest BCUT2D eigenvalue weighted by molar-refractivity contribution is 0.182. The standard InChI is InChI=1S/C32H39N5O2S2/c1-35-17-13-24(14-18-35)32-34-30(22-40-32)29-21-37(41(38,39)27-7-3-2-4-8-27)31-28(29)19-25(20-33-31)23-9-11-26(12-10-23)36-15-5-6-16-36/h2-4,7-8,19-24,26H,5-6,9-18H2,1H3. The molecule has 0 spiro atoms. The first-order chi connectivity index (χ1) is 20.0. The highest BCUT2D eigenvalue weighted by atomic mass is 32.2. The Bertz CT molecular complexity index is 1610. The number of piperidine rings is 1. The van der Waals surface area contributed by atoms with Crippen LogP contribution in [0.3, 0.4) is 0 Å². The molecule has 3 fully saturated rings. The number of nitrogens with zero attached hydrogens (tertiary/aromatic N) is 5. The molecular weight excluding hydrogens is 551 g/mol.